The minimum absolute atomic E-state index is 0.00717. The second-order valence-corrected chi connectivity index (χ2v) is 7.90. The minimum Gasteiger partial charge on any atom is -0.493 e. The van der Waals surface area contributed by atoms with Gasteiger partial charge in [0.15, 0.2) is 11.5 Å². The number of carbonyl (C=O) groups excluding carboxylic acids is 1. The molecule has 0 aliphatic carbocycles. The molecule has 0 aromatic heterocycles. The van der Waals surface area contributed by atoms with Crippen molar-refractivity contribution in [3.8, 4) is 29.4 Å². The van der Waals surface area contributed by atoms with Crippen LogP contribution in [0.15, 0.2) is 63.3 Å². The molecule has 0 bridgehead atoms. The van der Waals surface area contributed by atoms with Gasteiger partial charge in [0.2, 0.25) is 5.75 Å². The number of hydrogen-bond acceptors (Lipinski definition) is 8. The Hall–Kier alpha value is -4.08. The molecule has 1 amide bonds. The van der Waals surface area contributed by atoms with Gasteiger partial charge in [0.25, 0.3) is 5.91 Å². The van der Waals surface area contributed by atoms with E-state index in [1.54, 1.807) is 24.3 Å². The number of rotatable bonds is 4. The summed E-state index contributed by atoms with van der Waals surface area (Å²) in [7, 11) is 4.45. The summed E-state index contributed by atoms with van der Waals surface area (Å²) in [5.74, 6) is -0.0623. The zero-order valence-corrected chi connectivity index (χ0v) is 18.3. The van der Waals surface area contributed by atoms with E-state index in [9.17, 15) is 15.3 Å². The summed E-state index contributed by atoms with van der Waals surface area (Å²) in [6, 6.07) is 14.7. The maximum absolute atomic E-state index is 13.2. The third kappa shape index (κ3) is 3.03. The number of fused-ring (bicyclic) bond motifs is 2. The van der Waals surface area contributed by atoms with Crippen LogP contribution in [0.25, 0.3) is 0 Å². The lowest BCUT2D eigenvalue weighted by Crippen LogP contribution is -2.40. The average Bonchev–Trinajstić information content (AvgIpc) is 2.82. The van der Waals surface area contributed by atoms with E-state index in [2.05, 4.69) is 12.1 Å². The van der Waals surface area contributed by atoms with E-state index in [4.69, 9.17) is 19.9 Å². The first-order valence-corrected chi connectivity index (χ1v) is 10.3. The Morgan fingerprint density at radius 2 is 1.62 bits per heavy atom. The van der Waals surface area contributed by atoms with E-state index in [-0.39, 0.29) is 22.9 Å². The second-order valence-electron chi connectivity index (χ2n) is 6.87. The Morgan fingerprint density at radius 1 is 1.00 bits per heavy atom. The number of hydrogen-bond donors (Lipinski definition) is 1. The van der Waals surface area contributed by atoms with Gasteiger partial charge in [0, 0.05) is 4.90 Å². The lowest BCUT2D eigenvalue weighted by molar-refractivity contribution is 0.0841. The Balaban J connectivity index is 1.99. The molecule has 0 fully saturated rings. The van der Waals surface area contributed by atoms with Crippen molar-refractivity contribution in [1.82, 2.24) is 4.90 Å². The molecular weight excluding hydrogens is 428 g/mol. The average molecular weight is 446 g/mol. The van der Waals surface area contributed by atoms with Gasteiger partial charge in [-0.05, 0) is 29.8 Å². The second kappa shape index (κ2) is 8.22. The van der Waals surface area contributed by atoms with Gasteiger partial charge in [-0.1, -0.05) is 23.9 Å². The number of nitrogens with two attached hydrogens (primary N) is 1. The summed E-state index contributed by atoms with van der Waals surface area (Å²) in [6.45, 7) is 0. The molecule has 0 unspecified atom stereocenters. The largest absolute Gasteiger partial charge is 0.493 e. The zero-order chi connectivity index (χ0) is 23.0. The number of methoxy groups -OCH3 is 3. The number of carbonyl (C=O) groups is 1. The summed E-state index contributed by atoms with van der Waals surface area (Å²) in [5, 5.41) is 20.5. The molecule has 9 heteroatoms. The van der Waals surface area contributed by atoms with Crippen molar-refractivity contribution in [3.05, 3.63) is 69.5 Å². The molecule has 0 saturated heterocycles. The fourth-order valence-corrected chi connectivity index (χ4v) is 5.03. The quantitative estimate of drug-likeness (QED) is 0.757. The molecule has 0 radical (unpaired) electrons. The summed E-state index contributed by atoms with van der Waals surface area (Å²) < 4.78 is 16.3. The van der Waals surface area contributed by atoms with Gasteiger partial charge in [0.1, 0.15) is 10.9 Å². The molecule has 2 N–H and O–H groups in total. The van der Waals surface area contributed by atoms with Gasteiger partial charge < -0.3 is 19.9 Å². The smallest absolute Gasteiger partial charge is 0.265 e. The number of allylic oxidation sites excluding steroid dienone is 2. The number of thioether (sulfide) groups is 1. The highest BCUT2D eigenvalue weighted by Gasteiger charge is 2.42. The Morgan fingerprint density at radius 3 is 2.19 bits per heavy atom. The predicted molar refractivity (Wildman–Crippen MR) is 117 cm³/mol. The van der Waals surface area contributed by atoms with Crippen molar-refractivity contribution in [1.29, 1.82) is 10.5 Å². The number of benzene rings is 2. The van der Waals surface area contributed by atoms with Crippen molar-refractivity contribution in [3.63, 3.8) is 0 Å². The van der Waals surface area contributed by atoms with Crippen LogP contribution in [-0.2, 0) is 0 Å². The Labute approximate surface area is 189 Å². The van der Waals surface area contributed by atoms with Gasteiger partial charge in [-0.15, -0.1) is 0 Å². The molecule has 4 rings (SSSR count). The first kappa shape index (κ1) is 21.2. The van der Waals surface area contributed by atoms with Crippen LogP contribution in [-0.4, -0.2) is 32.1 Å². The molecule has 2 aliphatic heterocycles. The van der Waals surface area contributed by atoms with Crippen molar-refractivity contribution in [2.24, 2.45) is 5.73 Å². The molecule has 2 aromatic carbocycles. The lowest BCUT2D eigenvalue weighted by atomic mass is 9.83. The van der Waals surface area contributed by atoms with Gasteiger partial charge in [0.05, 0.1) is 56.1 Å². The molecule has 2 aliphatic rings. The molecule has 0 saturated carbocycles. The number of nitriles is 2. The number of nitrogens with zero attached hydrogens (tertiary/aromatic N) is 3. The molecule has 160 valence electrons. The first-order chi connectivity index (χ1) is 15.5. The first-order valence-electron chi connectivity index (χ1n) is 9.45. The van der Waals surface area contributed by atoms with E-state index in [1.807, 2.05) is 12.1 Å². The normalized spacial score (nSPS) is 17.2. The molecule has 2 heterocycles. The van der Waals surface area contributed by atoms with Crippen LogP contribution in [0.1, 0.15) is 21.8 Å². The third-order valence-electron chi connectivity index (χ3n) is 5.32. The van der Waals surface area contributed by atoms with Crippen LogP contribution in [0.4, 0.5) is 0 Å². The maximum Gasteiger partial charge on any atom is 0.265 e. The summed E-state index contributed by atoms with van der Waals surface area (Å²) in [5.41, 5.74) is 7.69. The monoisotopic (exact) mass is 446 g/mol. The van der Waals surface area contributed by atoms with Crippen molar-refractivity contribution >= 4 is 17.7 Å². The van der Waals surface area contributed by atoms with E-state index in [0.717, 1.165) is 0 Å². The lowest BCUT2D eigenvalue weighted by Gasteiger charge is -2.37. The number of ether oxygens (including phenoxy) is 3. The van der Waals surface area contributed by atoms with Crippen molar-refractivity contribution < 1.29 is 19.0 Å². The van der Waals surface area contributed by atoms with E-state index in [0.29, 0.717) is 38.3 Å². The Bertz CT molecular complexity index is 1260. The molecular formula is C23H18N4O4S. The van der Waals surface area contributed by atoms with Crippen LogP contribution in [0.3, 0.4) is 0 Å². The van der Waals surface area contributed by atoms with E-state index in [1.165, 1.54) is 38.0 Å². The van der Waals surface area contributed by atoms with E-state index >= 15 is 0 Å². The van der Waals surface area contributed by atoms with Gasteiger partial charge in [-0.3, -0.25) is 9.69 Å². The predicted octanol–water partition coefficient (Wildman–Crippen LogP) is 3.49. The minimum atomic E-state index is -0.810. The van der Waals surface area contributed by atoms with E-state index < -0.39 is 5.92 Å². The molecule has 2 aromatic rings. The third-order valence-corrected chi connectivity index (χ3v) is 6.49. The van der Waals surface area contributed by atoms with Gasteiger partial charge in [-0.25, -0.2) is 0 Å². The fourth-order valence-electron chi connectivity index (χ4n) is 3.86. The Kier molecular flexibility index (Phi) is 5.43. The van der Waals surface area contributed by atoms with Crippen LogP contribution in [0.5, 0.6) is 17.2 Å². The highest BCUT2D eigenvalue weighted by Crippen LogP contribution is 2.51. The highest BCUT2D eigenvalue weighted by molar-refractivity contribution is 8.03. The van der Waals surface area contributed by atoms with Gasteiger partial charge >= 0.3 is 0 Å². The van der Waals surface area contributed by atoms with Gasteiger partial charge in [-0.2, -0.15) is 10.5 Å². The zero-order valence-electron chi connectivity index (χ0n) is 17.5. The van der Waals surface area contributed by atoms with Crippen LogP contribution in [0.2, 0.25) is 0 Å². The van der Waals surface area contributed by atoms with Crippen molar-refractivity contribution in [2.75, 3.05) is 21.3 Å². The highest BCUT2D eigenvalue weighted by atomic mass is 32.2. The van der Waals surface area contributed by atoms with Crippen molar-refractivity contribution in [2.45, 2.75) is 10.8 Å². The molecule has 0 spiro atoms. The molecule has 32 heavy (non-hydrogen) atoms. The fraction of sp³-hybridized carbons (Fsp3) is 0.174. The summed E-state index contributed by atoms with van der Waals surface area (Å²) in [6.07, 6.45) is 0. The topological polar surface area (TPSA) is 122 Å². The van der Waals surface area contributed by atoms with Crippen LogP contribution < -0.4 is 19.9 Å². The summed E-state index contributed by atoms with van der Waals surface area (Å²) >= 11 is 1.27. The summed E-state index contributed by atoms with van der Waals surface area (Å²) in [4.78, 5) is 15.2. The van der Waals surface area contributed by atoms with Crippen LogP contribution >= 0.6 is 11.8 Å². The molecule has 1 atom stereocenters. The molecule has 8 nitrogen and oxygen atoms in total. The maximum atomic E-state index is 13.2. The SMILES string of the molecule is COc1cc([C@H]2C(C#N)=C(N)N3C(=O)c4ccccc4SC3=C2C#N)cc(OC)c1OC. The number of amides is 1. The van der Waals surface area contributed by atoms with Crippen LogP contribution in [0, 0.1) is 22.7 Å². The standard InChI is InChI=1S/C23H18N4O4S/c1-29-16-8-12(9-17(30-2)20(16)31-3)19-14(10-24)21(26)27-22(28)13-6-4-5-7-18(13)32-23(27)15(19)11-25/h4-9,19H,26H2,1-3H3/t19-/m0/s1.